The summed E-state index contributed by atoms with van der Waals surface area (Å²) in [7, 11) is 0. The molecule has 23 heavy (non-hydrogen) atoms. The normalized spacial score (nSPS) is 12.1. The van der Waals surface area contributed by atoms with Crippen molar-refractivity contribution in [2.75, 3.05) is 17.7 Å². The number of hydrogen-bond acceptors (Lipinski definition) is 6. The van der Waals surface area contributed by atoms with Gasteiger partial charge in [0.05, 0.1) is 5.69 Å². The van der Waals surface area contributed by atoms with Crippen LogP contribution >= 0.6 is 0 Å². The third kappa shape index (κ3) is 4.17. The monoisotopic (exact) mass is 316 g/mol. The van der Waals surface area contributed by atoms with E-state index >= 15 is 0 Å². The van der Waals surface area contributed by atoms with Gasteiger partial charge in [0.15, 0.2) is 6.61 Å². The van der Waals surface area contributed by atoms with Crippen LogP contribution in [-0.2, 0) is 11.3 Å². The number of carboxylic acid groups (broad SMARTS) is 1. The van der Waals surface area contributed by atoms with Crippen molar-refractivity contribution in [2.24, 2.45) is 5.73 Å². The Hall–Kier alpha value is -3.13. The molecule has 0 saturated heterocycles. The standard InChI is InChI=1S/C9H10N2O2.C6H6N2O2/c10-4-6-1-2-8-7(3-6)11-9(12)5-13-8;7-5-4(6(9)10)2-1-3-8-5/h1-3H,4-5,10H2,(H,11,12);1-3H,(H2,7,8)(H,9,10). The van der Waals surface area contributed by atoms with Gasteiger partial charge in [-0.2, -0.15) is 0 Å². The Morgan fingerprint density at radius 2 is 2.17 bits per heavy atom. The maximum atomic E-state index is 11.0. The molecule has 1 aromatic carbocycles. The minimum absolute atomic E-state index is 0.0440. The summed E-state index contributed by atoms with van der Waals surface area (Å²) < 4.78 is 5.18. The highest BCUT2D eigenvalue weighted by Crippen LogP contribution is 2.28. The van der Waals surface area contributed by atoms with E-state index in [1.165, 1.54) is 18.3 Å². The molecule has 0 bridgehead atoms. The van der Waals surface area contributed by atoms with E-state index in [2.05, 4.69) is 10.3 Å². The molecule has 8 nitrogen and oxygen atoms in total. The van der Waals surface area contributed by atoms with E-state index in [-0.39, 0.29) is 23.9 Å². The van der Waals surface area contributed by atoms with Crippen LogP contribution in [0.15, 0.2) is 36.5 Å². The Balaban J connectivity index is 0.000000174. The first-order valence-electron chi connectivity index (χ1n) is 6.70. The molecular weight excluding hydrogens is 300 g/mol. The van der Waals surface area contributed by atoms with Crippen LogP contribution in [0.1, 0.15) is 15.9 Å². The Morgan fingerprint density at radius 3 is 2.78 bits per heavy atom. The second-order valence-corrected chi connectivity index (χ2v) is 4.61. The fraction of sp³-hybridized carbons (Fsp3) is 0.133. The maximum absolute atomic E-state index is 11.0. The van der Waals surface area contributed by atoms with Gasteiger partial charge in [0, 0.05) is 12.7 Å². The van der Waals surface area contributed by atoms with Gasteiger partial charge in [0.25, 0.3) is 5.91 Å². The summed E-state index contributed by atoms with van der Waals surface area (Å²) in [6.07, 6.45) is 1.45. The Kier molecular flexibility index (Phi) is 5.11. The molecule has 0 aliphatic carbocycles. The Morgan fingerprint density at radius 1 is 1.39 bits per heavy atom. The number of nitrogen functional groups attached to an aromatic ring is 1. The first-order valence-corrected chi connectivity index (χ1v) is 6.70. The number of carbonyl (C=O) groups excluding carboxylic acids is 1. The topological polar surface area (TPSA) is 141 Å². The van der Waals surface area contributed by atoms with Gasteiger partial charge in [-0.1, -0.05) is 6.07 Å². The van der Waals surface area contributed by atoms with Crippen LogP contribution in [0.25, 0.3) is 0 Å². The molecule has 2 heterocycles. The lowest BCUT2D eigenvalue weighted by Gasteiger charge is -2.18. The molecule has 2 aromatic rings. The molecule has 0 atom stereocenters. The molecule has 1 amide bonds. The number of benzene rings is 1. The van der Waals surface area contributed by atoms with Gasteiger partial charge in [0.1, 0.15) is 17.1 Å². The number of aromatic nitrogens is 1. The van der Waals surface area contributed by atoms with Gasteiger partial charge in [-0.3, -0.25) is 4.79 Å². The van der Waals surface area contributed by atoms with Crippen molar-refractivity contribution < 1.29 is 19.4 Å². The van der Waals surface area contributed by atoms with E-state index in [0.29, 0.717) is 18.0 Å². The Labute approximate surface area is 132 Å². The van der Waals surface area contributed by atoms with Crippen LogP contribution in [0.2, 0.25) is 0 Å². The van der Waals surface area contributed by atoms with E-state index in [4.69, 9.17) is 21.3 Å². The van der Waals surface area contributed by atoms with Gasteiger partial charge in [-0.25, -0.2) is 9.78 Å². The van der Waals surface area contributed by atoms with Gasteiger partial charge in [-0.15, -0.1) is 0 Å². The van der Waals surface area contributed by atoms with E-state index < -0.39 is 5.97 Å². The molecule has 0 radical (unpaired) electrons. The fourth-order valence-corrected chi connectivity index (χ4v) is 1.86. The van der Waals surface area contributed by atoms with Crippen LogP contribution in [-0.4, -0.2) is 28.6 Å². The van der Waals surface area contributed by atoms with Crippen LogP contribution < -0.4 is 21.5 Å². The van der Waals surface area contributed by atoms with Crippen molar-refractivity contribution in [1.29, 1.82) is 0 Å². The van der Waals surface area contributed by atoms with E-state index in [9.17, 15) is 9.59 Å². The van der Waals surface area contributed by atoms with Gasteiger partial charge < -0.3 is 26.6 Å². The summed E-state index contributed by atoms with van der Waals surface area (Å²) in [6, 6.07) is 8.46. The lowest BCUT2D eigenvalue weighted by Crippen LogP contribution is -2.25. The SMILES string of the molecule is NCc1ccc2c(c1)NC(=O)CO2.Nc1ncccc1C(=O)O. The molecule has 1 aliphatic heterocycles. The first-order chi connectivity index (χ1) is 11.0. The highest BCUT2D eigenvalue weighted by Gasteiger charge is 2.15. The highest BCUT2D eigenvalue weighted by atomic mass is 16.5. The summed E-state index contributed by atoms with van der Waals surface area (Å²) in [6.45, 7) is 0.554. The molecule has 0 unspecified atom stereocenters. The number of aromatic carboxylic acids is 1. The van der Waals surface area contributed by atoms with Crippen molar-refractivity contribution in [2.45, 2.75) is 6.54 Å². The lowest BCUT2D eigenvalue weighted by atomic mass is 10.1. The van der Waals surface area contributed by atoms with E-state index in [1.807, 2.05) is 18.2 Å². The van der Waals surface area contributed by atoms with Crippen LogP contribution in [0.3, 0.4) is 0 Å². The highest BCUT2D eigenvalue weighted by molar-refractivity contribution is 5.95. The predicted octanol–water partition coefficient (Wildman–Crippen LogP) is 0.838. The smallest absolute Gasteiger partial charge is 0.339 e. The number of amides is 1. The minimum atomic E-state index is -1.05. The summed E-state index contributed by atoms with van der Waals surface area (Å²) in [5.74, 6) is -0.418. The van der Waals surface area contributed by atoms with Crippen molar-refractivity contribution in [3.8, 4) is 5.75 Å². The molecule has 0 fully saturated rings. The second-order valence-electron chi connectivity index (χ2n) is 4.61. The molecule has 1 aromatic heterocycles. The molecule has 0 spiro atoms. The number of nitrogens with one attached hydrogen (secondary N) is 1. The number of hydrogen-bond donors (Lipinski definition) is 4. The van der Waals surface area contributed by atoms with E-state index in [0.717, 1.165) is 5.56 Å². The zero-order valence-corrected chi connectivity index (χ0v) is 12.2. The number of carbonyl (C=O) groups is 2. The number of rotatable bonds is 2. The van der Waals surface area contributed by atoms with Crippen molar-refractivity contribution in [3.63, 3.8) is 0 Å². The number of pyridine rings is 1. The molecule has 3 rings (SSSR count). The predicted molar refractivity (Wildman–Crippen MR) is 84.1 cm³/mol. The molecule has 8 heteroatoms. The Bertz CT molecular complexity index is 733. The number of carboxylic acids is 1. The third-order valence-electron chi connectivity index (χ3n) is 2.98. The third-order valence-corrected chi connectivity index (χ3v) is 2.98. The van der Waals surface area contributed by atoms with Crippen molar-refractivity contribution >= 4 is 23.4 Å². The fourth-order valence-electron chi connectivity index (χ4n) is 1.86. The number of nitrogens with zero attached hydrogens (tertiary/aromatic N) is 1. The first kappa shape index (κ1) is 16.2. The van der Waals surface area contributed by atoms with E-state index in [1.54, 1.807) is 0 Å². The largest absolute Gasteiger partial charge is 0.482 e. The average Bonchev–Trinajstić information content (AvgIpc) is 2.55. The maximum Gasteiger partial charge on any atom is 0.339 e. The van der Waals surface area contributed by atoms with Crippen molar-refractivity contribution in [3.05, 3.63) is 47.7 Å². The quantitative estimate of drug-likeness (QED) is 0.643. The van der Waals surface area contributed by atoms with Gasteiger partial charge in [-0.05, 0) is 29.8 Å². The number of anilines is 2. The summed E-state index contributed by atoms with van der Waals surface area (Å²) in [5.41, 5.74) is 12.4. The second kappa shape index (κ2) is 7.23. The number of ether oxygens (including phenoxy) is 1. The number of fused-ring (bicyclic) bond motifs is 1. The molecule has 1 aliphatic rings. The molecule has 120 valence electrons. The van der Waals surface area contributed by atoms with Crippen LogP contribution in [0, 0.1) is 0 Å². The molecule has 0 saturated carbocycles. The van der Waals surface area contributed by atoms with Crippen LogP contribution in [0.5, 0.6) is 5.75 Å². The summed E-state index contributed by atoms with van der Waals surface area (Å²) in [5, 5.41) is 11.2. The molecular formula is C15H16N4O4. The minimum Gasteiger partial charge on any atom is -0.482 e. The van der Waals surface area contributed by atoms with Crippen molar-refractivity contribution in [1.82, 2.24) is 4.98 Å². The number of nitrogens with two attached hydrogens (primary N) is 2. The summed E-state index contributed by atoms with van der Waals surface area (Å²) >= 11 is 0. The zero-order chi connectivity index (χ0) is 16.8. The molecule has 6 N–H and O–H groups in total. The van der Waals surface area contributed by atoms with Gasteiger partial charge >= 0.3 is 5.97 Å². The summed E-state index contributed by atoms with van der Waals surface area (Å²) in [4.78, 5) is 24.9. The average molecular weight is 316 g/mol. The van der Waals surface area contributed by atoms with Gasteiger partial charge in [0.2, 0.25) is 0 Å². The lowest BCUT2D eigenvalue weighted by molar-refractivity contribution is -0.118. The zero-order valence-electron chi connectivity index (χ0n) is 12.2. The van der Waals surface area contributed by atoms with Crippen LogP contribution in [0.4, 0.5) is 11.5 Å².